The summed E-state index contributed by atoms with van der Waals surface area (Å²) in [5.41, 5.74) is 2.04. The Kier molecular flexibility index (Phi) is 5.80. The number of ether oxygens (including phenoxy) is 1. The molecule has 0 bridgehead atoms. The van der Waals surface area contributed by atoms with Crippen molar-refractivity contribution >= 4 is 17.3 Å². The van der Waals surface area contributed by atoms with E-state index < -0.39 is 5.97 Å². The van der Waals surface area contributed by atoms with E-state index in [1.807, 2.05) is 20.8 Å². The quantitative estimate of drug-likeness (QED) is 0.836. The molecule has 2 rings (SSSR count). The maximum Gasteiger partial charge on any atom is 0.347 e. The molecular weight excluding hydrogens is 336 g/mol. The maximum atomic E-state index is 11.2. The number of hydrogen-bond acceptors (Lipinski definition) is 5. The van der Waals surface area contributed by atoms with Gasteiger partial charge in [-0.05, 0) is 26.0 Å². The molecule has 5 nitrogen and oxygen atoms in total. The number of nitriles is 1. The predicted molar refractivity (Wildman–Crippen MR) is 96.8 cm³/mol. The summed E-state index contributed by atoms with van der Waals surface area (Å²) in [6.45, 7) is 7.89. The van der Waals surface area contributed by atoms with E-state index in [1.165, 1.54) is 0 Å². The predicted octanol–water partition coefficient (Wildman–Crippen LogP) is 4.09. The van der Waals surface area contributed by atoms with Crippen LogP contribution in [0.15, 0.2) is 12.1 Å². The van der Waals surface area contributed by atoms with Crippen molar-refractivity contribution in [1.82, 2.24) is 4.98 Å². The van der Waals surface area contributed by atoms with Crippen molar-refractivity contribution in [1.29, 1.82) is 5.26 Å². The van der Waals surface area contributed by atoms with Gasteiger partial charge < -0.3 is 9.84 Å². The Labute approximate surface area is 150 Å². The average Bonchev–Trinajstić information content (AvgIpc) is 2.95. The first kappa shape index (κ1) is 18.5. The zero-order valence-corrected chi connectivity index (χ0v) is 15.3. The minimum atomic E-state index is -1.01. The lowest BCUT2D eigenvalue weighted by atomic mass is 10.0. The van der Waals surface area contributed by atoms with Gasteiger partial charge in [-0.3, -0.25) is 0 Å². The second kappa shape index (κ2) is 7.83. The number of thiazole rings is 1. The number of carboxylic acid groups (broad SMARTS) is 1. The Morgan fingerprint density at radius 1 is 1.44 bits per heavy atom. The molecule has 1 aromatic carbocycles. The minimum absolute atomic E-state index is 0.167. The van der Waals surface area contributed by atoms with Crippen molar-refractivity contribution in [3.8, 4) is 34.2 Å². The number of carbonyl (C=O) groups is 1. The lowest BCUT2D eigenvalue weighted by Gasteiger charge is -2.10. The first-order chi connectivity index (χ1) is 11.9. The third-order valence-corrected chi connectivity index (χ3v) is 4.44. The summed E-state index contributed by atoms with van der Waals surface area (Å²) in [6.07, 6.45) is 0. The molecule has 0 atom stereocenters. The van der Waals surface area contributed by atoms with Gasteiger partial charge in [0.25, 0.3) is 0 Å². The van der Waals surface area contributed by atoms with E-state index in [4.69, 9.17) is 4.74 Å². The smallest absolute Gasteiger partial charge is 0.347 e. The van der Waals surface area contributed by atoms with Gasteiger partial charge in [-0.2, -0.15) is 5.26 Å². The van der Waals surface area contributed by atoms with E-state index in [1.54, 1.807) is 19.1 Å². The normalized spacial score (nSPS) is 10.1. The number of nitrogens with zero attached hydrogens (tertiary/aromatic N) is 2. The molecule has 0 fully saturated rings. The van der Waals surface area contributed by atoms with Crippen molar-refractivity contribution < 1.29 is 14.6 Å². The second-order valence-electron chi connectivity index (χ2n) is 5.60. The van der Waals surface area contributed by atoms with Crippen molar-refractivity contribution in [2.24, 2.45) is 5.92 Å². The molecule has 1 heterocycles. The summed E-state index contributed by atoms with van der Waals surface area (Å²) in [5, 5.41) is 19.3. The van der Waals surface area contributed by atoms with Crippen LogP contribution in [0.5, 0.6) is 5.75 Å². The van der Waals surface area contributed by atoms with Crippen LogP contribution in [-0.4, -0.2) is 22.7 Å². The molecule has 0 amide bonds. The number of hydrogen-bond donors (Lipinski definition) is 1. The summed E-state index contributed by atoms with van der Waals surface area (Å²) in [6, 6.07) is 5.59. The van der Waals surface area contributed by atoms with Crippen molar-refractivity contribution in [2.75, 3.05) is 6.61 Å². The first-order valence-electron chi connectivity index (χ1n) is 7.80. The minimum Gasteiger partial charge on any atom is -0.493 e. The molecule has 128 valence electrons. The van der Waals surface area contributed by atoms with Crippen LogP contribution in [0.25, 0.3) is 10.6 Å². The summed E-state index contributed by atoms with van der Waals surface area (Å²) >= 11 is 1.08. The Balaban J connectivity index is 2.64. The molecule has 0 aliphatic rings. The Hall–Kier alpha value is -2.83. The first-order valence-corrected chi connectivity index (χ1v) is 8.62. The molecule has 0 saturated heterocycles. The van der Waals surface area contributed by atoms with Gasteiger partial charge in [0, 0.05) is 11.5 Å². The molecule has 0 aliphatic heterocycles. The van der Waals surface area contributed by atoms with Gasteiger partial charge in [-0.15, -0.1) is 11.3 Å². The van der Waals surface area contributed by atoms with Crippen LogP contribution in [0.2, 0.25) is 0 Å². The molecule has 25 heavy (non-hydrogen) atoms. The molecule has 1 N–H and O–H groups in total. The molecule has 0 spiro atoms. The summed E-state index contributed by atoms with van der Waals surface area (Å²) < 4.78 is 5.67. The van der Waals surface area contributed by atoms with Gasteiger partial charge in [-0.1, -0.05) is 25.7 Å². The molecule has 6 heteroatoms. The lowest BCUT2D eigenvalue weighted by Crippen LogP contribution is -1.98. The topological polar surface area (TPSA) is 83.2 Å². The average molecular weight is 354 g/mol. The Morgan fingerprint density at radius 2 is 2.16 bits per heavy atom. The SMILES string of the molecule is CCOc1cc(-c2nc(C)c(C(=O)O)s2)cc(C#N)c1C#CC(C)C. The zero-order valence-electron chi connectivity index (χ0n) is 14.5. The third-order valence-electron chi connectivity index (χ3n) is 3.25. The largest absolute Gasteiger partial charge is 0.493 e. The van der Waals surface area contributed by atoms with Crippen LogP contribution in [0, 0.1) is 36.0 Å². The van der Waals surface area contributed by atoms with E-state index in [9.17, 15) is 15.2 Å². The highest BCUT2D eigenvalue weighted by atomic mass is 32.1. The van der Waals surface area contributed by atoms with Crippen LogP contribution < -0.4 is 4.74 Å². The van der Waals surface area contributed by atoms with Crippen LogP contribution in [0.3, 0.4) is 0 Å². The van der Waals surface area contributed by atoms with Gasteiger partial charge in [0.1, 0.15) is 21.7 Å². The highest BCUT2D eigenvalue weighted by Crippen LogP contribution is 2.33. The molecule has 0 unspecified atom stereocenters. The lowest BCUT2D eigenvalue weighted by molar-refractivity contribution is 0.0701. The van der Waals surface area contributed by atoms with E-state index in [-0.39, 0.29) is 10.8 Å². The number of rotatable bonds is 4. The van der Waals surface area contributed by atoms with Gasteiger partial charge in [0.15, 0.2) is 0 Å². The van der Waals surface area contributed by atoms with Crippen molar-refractivity contribution in [3.63, 3.8) is 0 Å². The van der Waals surface area contributed by atoms with Gasteiger partial charge >= 0.3 is 5.97 Å². The van der Waals surface area contributed by atoms with E-state index in [2.05, 4.69) is 22.9 Å². The van der Waals surface area contributed by atoms with Gasteiger partial charge in [0.05, 0.1) is 23.4 Å². The van der Waals surface area contributed by atoms with E-state index in [0.717, 1.165) is 11.3 Å². The molecule has 2 aromatic rings. The molecule has 0 aliphatic carbocycles. The number of aromatic carboxylic acids is 1. The maximum absolute atomic E-state index is 11.2. The van der Waals surface area contributed by atoms with E-state index in [0.29, 0.717) is 39.7 Å². The zero-order chi connectivity index (χ0) is 18.6. The standard InChI is InChI=1S/C19H18N2O3S/c1-5-24-16-9-13(18-21-12(4)17(25-18)19(22)23)8-14(10-20)15(16)7-6-11(2)3/h8-9,11H,5H2,1-4H3,(H,22,23). The summed E-state index contributed by atoms with van der Waals surface area (Å²) in [4.78, 5) is 15.7. The molecular formula is C19H18N2O3S. The summed E-state index contributed by atoms with van der Waals surface area (Å²) in [5.74, 6) is 5.74. The Morgan fingerprint density at radius 3 is 2.68 bits per heavy atom. The van der Waals surface area contributed by atoms with Crippen LogP contribution in [0.4, 0.5) is 0 Å². The fourth-order valence-corrected chi connectivity index (χ4v) is 3.05. The van der Waals surface area contributed by atoms with Crippen LogP contribution in [-0.2, 0) is 0 Å². The number of benzene rings is 1. The summed E-state index contributed by atoms with van der Waals surface area (Å²) in [7, 11) is 0. The molecule has 1 aromatic heterocycles. The van der Waals surface area contributed by atoms with E-state index >= 15 is 0 Å². The number of aromatic nitrogens is 1. The number of carboxylic acids is 1. The second-order valence-corrected chi connectivity index (χ2v) is 6.60. The third kappa shape index (κ3) is 4.17. The fourth-order valence-electron chi connectivity index (χ4n) is 2.16. The number of aryl methyl sites for hydroxylation is 1. The van der Waals surface area contributed by atoms with Crippen molar-refractivity contribution in [3.05, 3.63) is 33.8 Å². The Bertz CT molecular complexity index is 911. The fraction of sp³-hybridized carbons (Fsp3) is 0.316. The van der Waals surface area contributed by atoms with Gasteiger partial charge in [0.2, 0.25) is 0 Å². The highest BCUT2D eigenvalue weighted by molar-refractivity contribution is 7.17. The monoisotopic (exact) mass is 354 g/mol. The van der Waals surface area contributed by atoms with Crippen LogP contribution >= 0.6 is 11.3 Å². The molecule has 0 radical (unpaired) electrons. The van der Waals surface area contributed by atoms with Gasteiger partial charge in [-0.25, -0.2) is 9.78 Å². The van der Waals surface area contributed by atoms with Crippen molar-refractivity contribution in [2.45, 2.75) is 27.7 Å². The van der Waals surface area contributed by atoms with Crippen LogP contribution in [0.1, 0.15) is 47.3 Å². The highest BCUT2D eigenvalue weighted by Gasteiger charge is 2.18. The molecule has 0 saturated carbocycles.